The molecule has 9 atom stereocenters. The van der Waals surface area contributed by atoms with Gasteiger partial charge in [-0.05, 0) is 117 Å². The molecule has 31 heavy (non-hydrogen) atoms. The standard InChI is InChI=1S/C29H50O2/c1-7-29(31,19(2)3)17-12-20(4)24-10-11-25-23-9-8-21-18-22(30)13-15-27(21,5)26(23)14-16-28(24,25)6/h8,19-20,22-26,30-31H,7,9-18H2,1-6H3/t20-,22+,23?,24-,25?,26?,27+,28-,29+/m1/s1. The van der Waals surface area contributed by atoms with E-state index in [2.05, 4.69) is 47.6 Å². The van der Waals surface area contributed by atoms with Gasteiger partial charge in [0, 0.05) is 0 Å². The van der Waals surface area contributed by atoms with E-state index in [4.69, 9.17) is 0 Å². The van der Waals surface area contributed by atoms with Crippen LogP contribution in [0.5, 0.6) is 0 Å². The van der Waals surface area contributed by atoms with Gasteiger partial charge in [-0.1, -0.05) is 53.2 Å². The minimum Gasteiger partial charge on any atom is -0.393 e. The second-order valence-electron chi connectivity index (χ2n) is 13.0. The molecule has 0 bridgehead atoms. The molecule has 2 N–H and O–H groups in total. The van der Waals surface area contributed by atoms with Gasteiger partial charge in [0.2, 0.25) is 0 Å². The summed E-state index contributed by atoms with van der Waals surface area (Å²) in [6, 6.07) is 0. The first-order valence-electron chi connectivity index (χ1n) is 13.6. The average Bonchev–Trinajstić information content (AvgIpc) is 3.09. The lowest BCUT2D eigenvalue weighted by atomic mass is 9.47. The molecule has 0 aromatic carbocycles. The number of hydrogen-bond donors (Lipinski definition) is 2. The van der Waals surface area contributed by atoms with Crippen LogP contribution in [0.15, 0.2) is 11.6 Å². The van der Waals surface area contributed by atoms with Crippen LogP contribution >= 0.6 is 0 Å². The molecule has 0 radical (unpaired) electrons. The highest BCUT2D eigenvalue weighted by atomic mass is 16.3. The maximum absolute atomic E-state index is 11.1. The summed E-state index contributed by atoms with van der Waals surface area (Å²) in [5.41, 5.74) is 1.93. The summed E-state index contributed by atoms with van der Waals surface area (Å²) >= 11 is 0. The Balaban J connectivity index is 1.48. The van der Waals surface area contributed by atoms with Gasteiger partial charge in [-0.15, -0.1) is 0 Å². The minimum absolute atomic E-state index is 0.103. The van der Waals surface area contributed by atoms with Crippen molar-refractivity contribution >= 4 is 0 Å². The van der Waals surface area contributed by atoms with Crippen LogP contribution in [0.3, 0.4) is 0 Å². The topological polar surface area (TPSA) is 40.5 Å². The molecule has 3 saturated carbocycles. The number of aliphatic hydroxyl groups is 2. The largest absolute Gasteiger partial charge is 0.393 e. The first-order chi connectivity index (χ1) is 14.5. The fourth-order valence-electron chi connectivity index (χ4n) is 9.17. The third kappa shape index (κ3) is 3.86. The van der Waals surface area contributed by atoms with Crippen molar-refractivity contribution in [1.29, 1.82) is 0 Å². The Bertz CT molecular complexity index is 682. The molecular formula is C29H50O2. The Morgan fingerprint density at radius 2 is 1.81 bits per heavy atom. The summed E-state index contributed by atoms with van der Waals surface area (Å²) in [6.07, 6.45) is 15.4. The van der Waals surface area contributed by atoms with Gasteiger partial charge in [0.1, 0.15) is 0 Å². The van der Waals surface area contributed by atoms with Gasteiger partial charge < -0.3 is 10.2 Å². The van der Waals surface area contributed by atoms with Crippen LogP contribution in [0, 0.1) is 46.3 Å². The highest BCUT2D eigenvalue weighted by Gasteiger charge is 2.59. The SMILES string of the molecule is CC[C@](O)(CC[C@@H](C)[C@H]1CCC2C3CC=C4C[C@@H](O)CC[C@]4(C)C3CC[C@@]21C)C(C)C. The molecular weight excluding hydrogens is 380 g/mol. The van der Waals surface area contributed by atoms with Crippen molar-refractivity contribution in [3.63, 3.8) is 0 Å². The van der Waals surface area contributed by atoms with Crippen molar-refractivity contribution in [1.82, 2.24) is 0 Å². The lowest BCUT2D eigenvalue weighted by Crippen LogP contribution is -2.50. The number of rotatable bonds is 6. The van der Waals surface area contributed by atoms with Crippen molar-refractivity contribution < 1.29 is 10.2 Å². The van der Waals surface area contributed by atoms with Gasteiger partial charge in [0.05, 0.1) is 11.7 Å². The monoisotopic (exact) mass is 430 g/mol. The maximum atomic E-state index is 11.1. The summed E-state index contributed by atoms with van der Waals surface area (Å²) in [4.78, 5) is 0. The zero-order chi connectivity index (χ0) is 22.6. The molecule has 4 aliphatic carbocycles. The Kier molecular flexibility index (Phi) is 6.50. The molecule has 0 aromatic heterocycles. The molecule has 0 spiro atoms. The van der Waals surface area contributed by atoms with Crippen LogP contribution in [0.2, 0.25) is 0 Å². The lowest BCUT2D eigenvalue weighted by Gasteiger charge is -2.58. The van der Waals surface area contributed by atoms with Crippen molar-refractivity contribution in [3.05, 3.63) is 11.6 Å². The highest BCUT2D eigenvalue weighted by Crippen LogP contribution is 2.67. The molecule has 0 aliphatic heterocycles. The zero-order valence-electron chi connectivity index (χ0n) is 21.3. The Morgan fingerprint density at radius 3 is 2.48 bits per heavy atom. The zero-order valence-corrected chi connectivity index (χ0v) is 21.3. The first-order valence-corrected chi connectivity index (χ1v) is 13.6. The fourth-order valence-corrected chi connectivity index (χ4v) is 9.17. The van der Waals surface area contributed by atoms with Crippen LogP contribution in [0.25, 0.3) is 0 Å². The van der Waals surface area contributed by atoms with E-state index in [1.54, 1.807) is 5.57 Å². The minimum atomic E-state index is -0.491. The second-order valence-corrected chi connectivity index (χ2v) is 13.0. The van der Waals surface area contributed by atoms with E-state index in [1.807, 2.05) is 0 Å². The molecule has 4 rings (SSSR count). The Labute approximate surface area is 192 Å². The smallest absolute Gasteiger partial charge is 0.0668 e. The van der Waals surface area contributed by atoms with Crippen molar-refractivity contribution in [2.45, 2.75) is 124 Å². The summed E-state index contributed by atoms with van der Waals surface area (Å²) in [6.45, 7) is 14.2. The molecule has 3 unspecified atom stereocenters. The molecule has 0 heterocycles. The molecule has 3 fully saturated rings. The van der Waals surface area contributed by atoms with Crippen LogP contribution in [0.4, 0.5) is 0 Å². The predicted molar refractivity (Wildman–Crippen MR) is 130 cm³/mol. The summed E-state index contributed by atoms with van der Waals surface area (Å²) in [5.74, 6) is 4.42. The lowest BCUT2D eigenvalue weighted by molar-refractivity contribution is -0.0615. The van der Waals surface area contributed by atoms with Crippen LogP contribution in [0.1, 0.15) is 112 Å². The van der Waals surface area contributed by atoms with E-state index in [9.17, 15) is 10.2 Å². The molecule has 0 aromatic rings. The van der Waals surface area contributed by atoms with Crippen LogP contribution in [-0.2, 0) is 0 Å². The van der Waals surface area contributed by atoms with E-state index in [-0.39, 0.29) is 6.10 Å². The molecule has 0 saturated heterocycles. The second kappa shape index (κ2) is 8.46. The molecule has 4 aliphatic rings. The third-order valence-electron chi connectivity index (χ3n) is 11.6. The fraction of sp³-hybridized carbons (Fsp3) is 0.931. The highest BCUT2D eigenvalue weighted by molar-refractivity contribution is 5.25. The maximum Gasteiger partial charge on any atom is 0.0668 e. The van der Waals surface area contributed by atoms with Gasteiger partial charge in [-0.2, -0.15) is 0 Å². The number of allylic oxidation sites excluding steroid dienone is 1. The Hall–Kier alpha value is -0.340. The van der Waals surface area contributed by atoms with Gasteiger partial charge in [-0.25, -0.2) is 0 Å². The van der Waals surface area contributed by atoms with Crippen LogP contribution < -0.4 is 0 Å². The average molecular weight is 431 g/mol. The number of aliphatic hydroxyl groups excluding tert-OH is 1. The van der Waals surface area contributed by atoms with E-state index in [0.29, 0.717) is 22.7 Å². The van der Waals surface area contributed by atoms with Gasteiger partial charge >= 0.3 is 0 Å². The number of fused-ring (bicyclic) bond motifs is 5. The predicted octanol–water partition coefficient (Wildman–Crippen LogP) is 7.14. The molecule has 2 heteroatoms. The first kappa shape index (κ1) is 23.8. The van der Waals surface area contributed by atoms with E-state index in [0.717, 1.165) is 49.4 Å². The molecule has 0 amide bonds. The quantitative estimate of drug-likeness (QED) is 0.440. The summed E-state index contributed by atoms with van der Waals surface area (Å²) in [7, 11) is 0. The van der Waals surface area contributed by atoms with Crippen molar-refractivity contribution in [2.75, 3.05) is 0 Å². The van der Waals surface area contributed by atoms with Gasteiger partial charge in [0.25, 0.3) is 0 Å². The van der Waals surface area contributed by atoms with Gasteiger partial charge in [-0.3, -0.25) is 0 Å². The summed E-state index contributed by atoms with van der Waals surface area (Å²) < 4.78 is 0. The number of hydrogen-bond acceptors (Lipinski definition) is 2. The summed E-state index contributed by atoms with van der Waals surface area (Å²) in [5, 5.41) is 21.3. The molecule has 2 nitrogen and oxygen atoms in total. The van der Waals surface area contributed by atoms with E-state index >= 15 is 0 Å². The van der Waals surface area contributed by atoms with Crippen LogP contribution in [-0.4, -0.2) is 21.9 Å². The molecule has 178 valence electrons. The third-order valence-corrected chi connectivity index (χ3v) is 11.6. The van der Waals surface area contributed by atoms with E-state index < -0.39 is 5.60 Å². The van der Waals surface area contributed by atoms with Crippen molar-refractivity contribution in [2.24, 2.45) is 46.3 Å². The van der Waals surface area contributed by atoms with Crippen molar-refractivity contribution in [3.8, 4) is 0 Å². The normalized spacial score (nSPS) is 45.3. The Morgan fingerprint density at radius 1 is 1.06 bits per heavy atom. The van der Waals surface area contributed by atoms with Gasteiger partial charge in [0.15, 0.2) is 0 Å². The van der Waals surface area contributed by atoms with E-state index in [1.165, 1.54) is 44.9 Å².